The predicted octanol–water partition coefficient (Wildman–Crippen LogP) is 2.39. The van der Waals surface area contributed by atoms with Crippen molar-refractivity contribution < 1.29 is 9.18 Å². The molecular formula is C18H23FN4OS. The Morgan fingerprint density at radius 2 is 2.08 bits per heavy atom. The highest BCUT2D eigenvalue weighted by Gasteiger charge is 2.20. The van der Waals surface area contributed by atoms with Crippen LogP contribution in [0.3, 0.4) is 0 Å². The van der Waals surface area contributed by atoms with E-state index in [0.717, 1.165) is 31.2 Å². The molecule has 1 aliphatic rings. The maximum atomic E-state index is 13.8. The van der Waals surface area contributed by atoms with Crippen LogP contribution in [0, 0.1) is 5.82 Å². The number of benzene rings is 1. The summed E-state index contributed by atoms with van der Waals surface area (Å²) in [6.07, 6.45) is 4.52. The number of carbonyl (C=O) groups is 1. The third-order valence-corrected chi connectivity index (χ3v) is 5.44. The molecule has 0 bridgehead atoms. The van der Waals surface area contributed by atoms with Gasteiger partial charge in [0.15, 0.2) is 5.16 Å². The van der Waals surface area contributed by atoms with Gasteiger partial charge in [0.2, 0.25) is 5.91 Å². The number of hydrogen-bond donors (Lipinski definition) is 0. The topological polar surface area (TPSA) is 41.4 Å². The molecule has 1 amide bonds. The van der Waals surface area contributed by atoms with E-state index >= 15 is 0 Å². The standard InChI is InChI=1S/C18H23FN4OS/c1-21-10-7-20-18(21)25-14-17(24)23-9-4-8-22(11-12-23)13-15-5-2-3-6-16(15)19/h2-3,5-7,10H,4,8-9,11-14H2,1H3. The number of imidazole rings is 1. The molecule has 1 aromatic carbocycles. The Morgan fingerprint density at radius 1 is 1.24 bits per heavy atom. The first-order valence-electron chi connectivity index (χ1n) is 8.47. The van der Waals surface area contributed by atoms with Gasteiger partial charge >= 0.3 is 0 Å². The minimum absolute atomic E-state index is 0.140. The molecule has 2 aromatic rings. The lowest BCUT2D eigenvalue weighted by atomic mass is 10.2. The van der Waals surface area contributed by atoms with Crippen LogP contribution in [-0.4, -0.2) is 57.2 Å². The van der Waals surface area contributed by atoms with Gasteiger partial charge in [-0.3, -0.25) is 9.69 Å². The van der Waals surface area contributed by atoms with Gasteiger partial charge in [0, 0.05) is 57.7 Å². The number of halogens is 1. The van der Waals surface area contributed by atoms with Crippen molar-refractivity contribution in [3.05, 3.63) is 48.0 Å². The largest absolute Gasteiger partial charge is 0.341 e. The third kappa shape index (κ3) is 4.83. The van der Waals surface area contributed by atoms with E-state index < -0.39 is 0 Å². The minimum Gasteiger partial charge on any atom is -0.341 e. The fourth-order valence-corrected chi connectivity index (χ4v) is 3.79. The molecule has 7 heteroatoms. The summed E-state index contributed by atoms with van der Waals surface area (Å²) in [5.74, 6) is 0.380. The summed E-state index contributed by atoms with van der Waals surface area (Å²) in [7, 11) is 1.92. The van der Waals surface area contributed by atoms with Crippen molar-refractivity contribution in [2.75, 3.05) is 31.9 Å². The van der Waals surface area contributed by atoms with E-state index in [2.05, 4.69) is 9.88 Å². The Labute approximate surface area is 151 Å². The van der Waals surface area contributed by atoms with Gasteiger partial charge in [0.05, 0.1) is 5.75 Å². The highest BCUT2D eigenvalue weighted by molar-refractivity contribution is 7.99. The molecule has 5 nitrogen and oxygen atoms in total. The molecule has 0 spiro atoms. The summed E-state index contributed by atoms with van der Waals surface area (Å²) in [6.45, 7) is 3.69. The molecule has 0 saturated carbocycles. The number of rotatable bonds is 5. The number of hydrogen-bond acceptors (Lipinski definition) is 4. The molecule has 1 saturated heterocycles. The molecule has 1 aliphatic heterocycles. The number of thioether (sulfide) groups is 1. The van der Waals surface area contributed by atoms with E-state index in [4.69, 9.17) is 0 Å². The molecule has 0 radical (unpaired) electrons. The first kappa shape index (κ1) is 17.9. The molecule has 134 valence electrons. The van der Waals surface area contributed by atoms with Crippen molar-refractivity contribution in [2.24, 2.45) is 7.05 Å². The van der Waals surface area contributed by atoms with Crippen molar-refractivity contribution in [2.45, 2.75) is 18.1 Å². The van der Waals surface area contributed by atoms with Crippen LogP contribution in [0.1, 0.15) is 12.0 Å². The average Bonchev–Trinajstić information content (AvgIpc) is 2.87. The van der Waals surface area contributed by atoms with Crippen LogP contribution in [0.5, 0.6) is 0 Å². The van der Waals surface area contributed by atoms with E-state index in [1.807, 2.05) is 34.8 Å². The zero-order chi connectivity index (χ0) is 17.6. The number of carbonyl (C=O) groups excluding carboxylic acids is 1. The summed E-state index contributed by atoms with van der Waals surface area (Å²) in [5, 5.41) is 0.851. The molecule has 0 N–H and O–H groups in total. The van der Waals surface area contributed by atoms with E-state index in [9.17, 15) is 9.18 Å². The van der Waals surface area contributed by atoms with Crippen LogP contribution in [0.25, 0.3) is 0 Å². The molecule has 2 heterocycles. The molecule has 0 aliphatic carbocycles. The van der Waals surface area contributed by atoms with Crippen molar-refractivity contribution in [1.29, 1.82) is 0 Å². The van der Waals surface area contributed by atoms with Gasteiger partial charge in [-0.15, -0.1) is 0 Å². The van der Waals surface area contributed by atoms with Gasteiger partial charge in [-0.05, 0) is 12.5 Å². The molecule has 25 heavy (non-hydrogen) atoms. The van der Waals surface area contributed by atoms with E-state index in [-0.39, 0.29) is 11.7 Å². The summed E-state index contributed by atoms with van der Waals surface area (Å²) >= 11 is 1.47. The molecule has 3 rings (SSSR count). The van der Waals surface area contributed by atoms with Crippen molar-refractivity contribution >= 4 is 17.7 Å². The normalized spacial score (nSPS) is 16.0. The summed E-state index contributed by atoms with van der Waals surface area (Å²) in [4.78, 5) is 20.8. The van der Waals surface area contributed by atoms with Gasteiger partial charge in [-0.1, -0.05) is 30.0 Å². The number of aromatic nitrogens is 2. The maximum Gasteiger partial charge on any atom is 0.233 e. The van der Waals surface area contributed by atoms with Crippen LogP contribution in [0.2, 0.25) is 0 Å². The Hall–Kier alpha value is -1.86. The number of aryl methyl sites for hydroxylation is 1. The fourth-order valence-electron chi connectivity index (χ4n) is 2.95. The van der Waals surface area contributed by atoms with Crippen LogP contribution < -0.4 is 0 Å². The van der Waals surface area contributed by atoms with Crippen LogP contribution in [0.4, 0.5) is 4.39 Å². The molecular weight excluding hydrogens is 339 g/mol. The van der Waals surface area contributed by atoms with E-state index in [1.54, 1.807) is 12.3 Å². The van der Waals surface area contributed by atoms with E-state index in [1.165, 1.54) is 17.8 Å². The Bertz CT molecular complexity index is 721. The van der Waals surface area contributed by atoms with Crippen molar-refractivity contribution in [3.8, 4) is 0 Å². The SMILES string of the molecule is Cn1ccnc1SCC(=O)N1CCCN(Cc2ccccc2F)CC1. The second-order valence-corrected chi connectivity index (χ2v) is 7.15. The van der Waals surface area contributed by atoms with Gasteiger partial charge in [0.25, 0.3) is 0 Å². The van der Waals surface area contributed by atoms with E-state index in [0.29, 0.717) is 24.4 Å². The zero-order valence-electron chi connectivity index (χ0n) is 14.4. The monoisotopic (exact) mass is 362 g/mol. The smallest absolute Gasteiger partial charge is 0.233 e. The predicted molar refractivity (Wildman–Crippen MR) is 96.8 cm³/mol. The highest BCUT2D eigenvalue weighted by Crippen LogP contribution is 2.16. The molecule has 0 atom stereocenters. The third-order valence-electron chi connectivity index (χ3n) is 4.39. The number of nitrogens with zero attached hydrogens (tertiary/aromatic N) is 4. The van der Waals surface area contributed by atoms with Crippen molar-refractivity contribution in [1.82, 2.24) is 19.4 Å². The van der Waals surface area contributed by atoms with Gasteiger partial charge < -0.3 is 9.47 Å². The lowest BCUT2D eigenvalue weighted by Crippen LogP contribution is -2.36. The second kappa shape index (κ2) is 8.49. The van der Waals surface area contributed by atoms with Crippen LogP contribution in [-0.2, 0) is 18.4 Å². The first-order chi connectivity index (χ1) is 12.1. The van der Waals surface area contributed by atoms with Crippen molar-refractivity contribution in [3.63, 3.8) is 0 Å². The Kier molecular flexibility index (Phi) is 6.09. The van der Waals surface area contributed by atoms with Gasteiger partial charge in [-0.2, -0.15) is 0 Å². The zero-order valence-corrected chi connectivity index (χ0v) is 15.2. The average molecular weight is 362 g/mol. The molecule has 1 aromatic heterocycles. The Balaban J connectivity index is 1.50. The quantitative estimate of drug-likeness (QED) is 0.766. The second-order valence-electron chi connectivity index (χ2n) is 6.21. The fraction of sp³-hybridized carbons (Fsp3) is 0.444. The Morgan fingerprint density at radius 3 is 2.84 bits per heavy atom. The molecule has 1 fully saturated rings. The van der Waals surface area contributed by atoms with Gasteiger partial charge in [0.1, 0.15) is 5.82 Å². The minimum atomic E-state index is -0.161. The first-order valence-corrected chi connectivity index (χ1v) is 9.45. The lowest BCUT2D eigenvalue weighted by molar-refractivity contribution is -0.128. The highest BCUT2D eigenvalue weighted by atomic mass is 32.2. The molecule has 0 unspecified atom stereocenters. The lowest BCUT2D eigenvalue weighted by Gasteiger charge is -2.22. The number of amides is 1. The summed E-state index contributed by atoms with van der Waals surface area (Å²) < 4.78 is 15.7. The summed E-state index contributed by atoms with van der Waals surface area (Å²) in [5.41, 5.74) is 0.715. The van der Waals surface area contributed by atoms with Gasteiger partial charge in [-0.25, -0.2) is 9.37 Å². The summed E-state index contributed by atoms with van der Waals surface area (Å²) in [6, 6.07) is 6.90. The van der Waals surface area contributed by atoms with Crippen LogP contribution in [0.15, 0.2) is 41.8 Å². The van der Waals surface area contributed by atoms with Crippen LogP contribution >= 0.6 is 11.8 Å². The maximum absolute atomic E-state index is 13.8.